The second kappa shape index (κ2) is 4.58. The summed E-state index contributed by atoms with van der Waals surface area (Å²) in [6, 6.07) is 9.58. The molecule has 2 aromatic rings. The first kappa shape index (κ1) is 12.8. The fraction of sp³-hybridized carbons (Fsp3) is 0.286. The van der Waals surface area contributed by atoms with Gasteiger partial charge in [-0.05, 0) is 20.8 Å². The van der Waals surface area contributed by atoms with Crippen LogP contribution < -0.4 is 0 Å². The summed E-state index contributed by atoms with van der Waals surface area (Å²) in [6.45, 7) is 5.99. The van der Waals surface area contributed by atoms with Crippen molar-refractivity contribution in [3.8, 4) is 11.3 Å². The highest BCUT2D eigenvalue weighted by molar-refractivity contribution is 6.32. The maximum absolute atomic E-state index is 11.2. The van der Waals surface area contributed by atoms with E-state index in [1.807, 2.05) is 51.1 Å². The largest absolute Gasteiger partial charge is 0.298 e. The van der Waals surface area contributed by atoms with Crippen molar-refractivity contribution in [2.45, 2.75) is 26.3 Å². The molecule has 0 fully saturated rings. The maximum atomic E-state index is 11.2. The summed E-state index contributed by atoms with van der Waals surface area (Å²) in [4.78, 5) is 11.2. The number of halogens is 1. The number of rotatable bonds is 2. The average Bonchev–Trinajstić information content (AvgIpc) is 2.67. The minimum Gasteiger partial charge on any atom is -0.298 e. The van der Waals surface area contributed by atoms with E-state index in [9.17, 15) is 4.79 Å². The first-order valence-corrected chi connectivity index (χ1v) is 6.12. The Labute approximate surface area is 111 Å². The number of hydrogen-bond acceptors (Lipinski definition) is 2. The lowest BCUT2D eigenvalue weighted by atomic mass is 10.1. The Kier molecular flexibility index (Phi) is 3.26. The molecule has 0 atom stereocenters. The standard InChI is InChI=1S/C14H15ClN2O/c1-14(2,3)17-13(15)11(9-18)12(16-17)10-7-5-4-6-8-10/h4-9H,1-3H3. The molecular weight excluding hydrogens is 248 g/mol. The molecule has 0 radical (unpaired) electrons. The number of aromatic nitrogens is 2. The van der Waals surface area contributed by atoms with Gasteiger partial charge in [-0.1, -0.05) is 41.9 Å². The van der Waals surface area contributed by atoms with Crippen LogP contribution in [0.2, 0.25) is 5.15 Å². The molecule has 4 heteroatoms. The van der Waals surface area contributed by atoms with E-state index in [-0.39, 0.29) is 5.54 Å². The van der Waals surface area contributed by atoms with Gasteiger partial charge in [0.2, 0.25) is 0 Å². The van der Waals surface area contributed by atoms with Gasteiger partial charge in [0, 0.05) is 5.56 Å². The lowest BCUT2D eigenvalue weighted by molar-refractivity contribution is 0.112. The minimum atomic E-state index is -0.262. The highest BCUT2D eigenvalue weighted by atomic mass is 35.5. The minimum absolute atomic E-state index is 0.262. The van der Waals surface area contributed by atoms with Gasteiger partial charge in [-0.2, -0.15) is 5.10 Å². The van der Waals surface area contributed by atoms with Gasteiger partial charge in [0.25, 0.3) is 0 Å². The number of benzene rings is 1. The third kappa shape index (κ3) is 2.18. The second-order valence-electron chi connectivity index (χ2n) is 5.12. The predicted molar refractivity (Wildman–Crippen MR) is 73.1 cm³/mol. The summed E-state index contributed by atoms with van der Waals surface area (Å²) >= 11 is 6.23. The van der Waals surface area contributed by atoms with Gasteiger partial charge in [0.15, 0.2) is 6.29 Å². The Hall–Kier alpha value is -1.61. The molecule has 0 amide bonds. The van der Waals surface area contributed by atoms with Gasteiger partial charge in [0.05, 0.1) is 11.1 Å². The number of nitrogens with zero attached hydrogens (tertiary/aromatic N) is 2. The molecule has 0 bridgehead atoms. The van der Waals surface area contributed by atoms with Gasteiger partial charge in [-0.3, -0.25) is 4.79 Å². The number of aldehydes is 1. The zero-order valence-corrected chi connectivity index (χ0v) is 11.4. The Morgan fingerprint density at radius 2 is 1.83 bits per heavy atom. The molecule has 3 nitrogen and oxygen atoms in total. The van der Waals surface area contributed by atoms with Gasteiger partial charge < -0.3 is 0 Å². The molecule has 18 heavy (non-hydrogen) atoms. The Bertz CT molecular complexity index is 567. The van der Waals surface area contributed by atoms with Crippen LogP contribution in [-0.4, -0.2) is 16.1 Å². The van der Waals surface area contributed by atoms with Crippen molar-refractivity contribution in [1.82, 2.24) is 9.78 Å². The van der Waals surface area contributed by atoms with E-state index >= 15 is 0 Å². The van der Waals surface area contributed by atoms with Gasteiger partial charge in [-0.25, -0.2) is 4.68 Å². The van der Waals surface area contributed by atoms with Crippen molar-refractivity contribution in [2.75, 3.05) is 0 Å². The summed E-state index contributed by atoms with van der Waals surface area (Å²) in [6.07, 6.45) is 0.764. The summed E-state index contributed by atoms with van der Waals surface area (Å²) in [5, 5.41) is 4.86. The number of hydrogen-bond donors (Lipinski definition) is 0. The van der Waals surface area contributed by atoms with Crippen molar-refractivity contribution < 1.29 is 4.79 Å². The van der Waals surface area contributed by atoms with E-state index in [0.29, 0.717) is 16.4 Å². The van der Waals surface area contributed by atoms with Crippen LogP contribution in [0.15, 0.2) is 30.3 Å². The average molecular weight is 263 g/mol. The quantitative estimate of drug-likeness (QED) is 0.772. The lowest BCUT2D eigenvalue weighted by Crippen LogP contribution is -2.23. The molecule has 0 aliphatic carbocycles. The van der Waals surface area contributed by atoms with Crippen LogP contribution in [0.4, 0.5) is 0 Å². The third-order valence-corrected chi connectivity index (χ3v) is 3.03. The van der Waals surface area contributed by atoms with Crippen LogP contribution in [0.3, 0.4) is 0 Å². The summed E-state index contributed by atoms with van der Waals surface area (Å²) in [5.41, 5.74) is 1.70. The topological polar surface area (TPSA) is 34.9 Å². The molecule has 0 N–H and O–H groups in total. The van der Waals surface area contributed by atoms with Gasteiger partial charge >= 0.3 is 0 Å². The number of carbonyl (C=O) groups is 1. The summed E-state index contributed by atoms with van der Waals surface area (Å²) in [7, 11) is 0. The van der Waals surface area contributed by atoms with Crippen LogP contribution >= 0.6 is 11.6 Å². The van der Waals surface area contributed by atoms with E-state index in [0.717, 1.165) is 11.8 Å². The SMILES string of the molecule is CC(C)(C)n1nc(-c2ccccc2)c(C=O)c1Cl. The molecule has 0 aliphatic rings. The normalized spacial score (nSPS) is 11.6. The van der Waals surface area contributed by atoms with Crippen molar-refractivity contribution in [3.63, 3.8) is 0 Å². The van der Waals surface area contributed by atoms with Crippen LogP contribution in [0, 0.1) is 0 Å². The van der Waals surface area contributed by atoms with Crippen LogP contribution in [0.1, 0.15) is 31.1 Å². The van der Waals surface area contributed by atoms with E-state index in [4.69, 9.17) is 11.6 Å². The fourth-order valence-electron chi connectivity index (χ4n) is 1.77. The Balaban J connectivity index is 2.66. The Morgan fingerprint density at radius 1 is 1.22 bits per heavy atom. The molecule has 2 rings (SSSR count). The molecule has 1 aromatic heterocycles. The summed E-state index contributed by atoms with van der Waals surface area (Å²) in [5.74, 6) is 0. The van der Waals surface area contributed by atoms with E-state index < -0.39 is 0 Å². The number of carbonyl (C=O) groups excluding carboxylic acids is 1. The van der Waals surface area contributed by atoms with E-state index in [1.165, 1.54) is 0 Å². The lowest BCUT2D eigenvalue weighted by Gasteiger charge is -2.20. The molecular formula is C14H15ClN2O. The maximum Gasteiger partial charge on any atom is 0.155 e. The highest BCUT2D eigenvalue weighted by Gasteiger charge is 2.24. The zero-order valence-electron chi connectivity index (χ0n) is 10.6. The highest BCUT2D eigenvalue weighted by Crippen LogP contribution is 2.30. The van der Waals surface area contributed by atoms with Crippen molar-refractivity contribution in [1.29, 1.82) is 0 Å². The molecule has 1 aromatic carbocycles. The van der Waals surface area contributed by atoms with Crippen LogP contribution in [-0.2, 0) is 5.54 Å². The molecule has 0 spiro atoms. The molecule has 0 unspecified atom stereocenters. The first-order valence-electron chi connectivity index (χ1n) is 5.74. The molecule has 0 saturated carbocycles. The second-order valence-corrected chi connectivity index (χ2v) is 5.48. The van der Waals surface area contributed by atoms with Gasteiger partial charge in [-0.15, -0.1) is 0 Å². The molecule has 1 heterocycles. The monoisotopic (exact) mass is 262 g/mol. The smallest absolute Gasteiger partial charge is 0.155 e. The molecule has 0 aliphatic heterocycles. The molecule has 0 saturated heterocycles. The van der Waals surface area contributed by atoms with Gasteiger partial charge in [0.1, 0.15) is 10.8 Å². The van der Waals surface area contributed by atoms with E-state index in [1.54, 1.807) is 4.68 Å². The predicted octanol–water partition coefficient (Wildman–Crippen LogP) is 3.77. The van der Waals surface area contributed by atoms with Crippen molar-refractivity contribution >= 4 is 17.9 Å². The molecule has 94 valence electrons. The zero-order chi connectivity index (χ0) is 13.3. The third-order valence-electron chi connectivity index (χ3n) is 2.66. The van der Waals surface area contributed by atoms with Crippen LogP contribution in [0.25, 0.3) is 11.3 Å². The Morgan fingerprint density at radius 3 is 2.33 bits per heavy atom. The van der Waals surface area contributed by atoms with Crippen molar-refractivity contribution in [2.24, 2.45) is 0 Å². The van der Waals surface area contributed by atoms with E-state index in [2.05, 4.69) is 5.10 Å². The van der Waals surface area contributed by atoms with Crippen molar-refractivity contribution in [3.05, 3.63) is 41.0 Å². The first-order chi connectivity index (χ1) is 8.45. The summed E-state index contributed by atoms with van der Waals surface area (Å²) < 4.78 is 1.68. The van der Waals surface area contributed by atoms with Crippen LogP contribution in [0.5, 0.6) is 0 Å². The fourth-order valence-corrected chi connectivity index (χ4v) is 2.19.